The monoisotopic (exact) mass is 459 g/mol. The lowest BCUT2D eigenvalue weighted by atomic mass is 10.1. The van der Waals surface area contributed by atoms with Crippen LogP contribution in [0.5, 0.6) is 0 Å². The molecular weight excluding hydrogens is 426 g/mol. The molecule has 1 atom stereocenters. The highest BCUT2D eigenvalue weighted by Gasteiger charge is 2.29. The largest absolute Gasteiger partial charge is 0.460 e. The molecule has 1 aromatic carbocycles. The van der Waals surface area contributed by atoms with Gasteiger partial charge in [0.15, 0.2) is 0 Å². The van der Waals surface area contributed by atoms with E-state index in [1.54, 1.807) is 72.7 Å². The average Bonchev–Trinajstić information content (AvgIpc) is 3.00. The molecule has 0 saturated heterocycles. The van der Waals surface area contributed by atoms with Gasteiger partial charge in [0.05, 0.1) is 12.1 Å². The van der Waals surface area contributed by atoms with E-state index in [-0.39, 0.29) is 30.7 Å². The molecule has 0 aromatic heterocycles. The Balaban J connectivity index is 2.10. The maximum atomic E-state index is 12.8. The number of rotatable bonds is 7. The Bertz CT molecular complexity index is 938. The Morgan fingerprint density at radius 3 is 2.09 bits per heavy atom. The molecular formula is C24H33N3O6. The minimum absolute atomic E-state index is 0.0317. The first-order valence-corrected chi connectivity index (χ1v) is 10.9. The van der Waals surface area contributed by atoms with Crippen molar-refractivity contribution >= 4 is 35.2 Å². The van der Waals surface area contributed by atoms with Crippen LogP contribution in [0.1, 0.15) is 78.1 Å². The number of nitrogens with one attached hydrogen (secondary N) is 1. The third-order valence-electron chi connectivity index (χ3n) is 4.34. The van der Waals surface area contributed by atoms with Gasteiger partial charge < -0.3 is 14.8 Å². The molecule has 0 aliphatic carbocycles. The van der Waals surface area contributed by atoms with Crippen molar-refractivity contribution in [3.63, 3.8) is 0 Å². The number of carbonyl (C=O) groups excluding carboxylic acids is 4. The van der Waals surface area contributed by atoms with Crippen LogP contribution in [0.2, 0.25) is 0 Å². The third-order valence-corrected chi connectivity index (χ3v) is 4.34. The second-order valence-electron chi connectivity index (χ2n) is 9.95. The van der Waals surface area contributed by atoms with Crippen LogP contribution in [-0.2, 0) is 23.9 Å². The van der Waals surface area contributed by atoms with E-state index in [4.69, 9.17) is 9.47 Å². The highest BCUT2D eigenvalue weighted by atomic mass is 16.6. The number of ether oxygens (including phenoxy) is 2. The molecule has 2 rings (SSSR count). The maximum Gasteiger partial charge on any atom is 0.329 e. The van der Waals surface area contributed by atoms with Gasteiger partial charge in [-0.15, -0.1) is 0 Å². The zero-order valence-electron chi connectivity index (χ0n) is 20.4. The summed E-state index contributed by atoms with van der Waals surface area (Å²) in [6, 6.07) is 5.27. The first kappa shape index (κ1) is 26.0. The summed E-state index contributed by atoms with van der Waals surface area (Å²) in [5, 5.41) is 8.12. The van der Waals surface area contributed by atoms with Gasteiger partial charge in [0.25, 0.3) is 11.8 Å². The summed E-state index contributed by atoms with van der Waals surface area (Å²) < 4.78 is 10.7. The summed E-state index contributed by atoms with van der Waals surface area (Å²) >= 11 is 0. The van der Waals surface area contributed by atoms with Crippen LogP contribution in [0.4, 0.5) is 5.69 Å². The molecule has 0 fully saturated rings. The van der Waals surface area contributed by atoms with Crippen LogP contribution < -0.4 is 10.3 Å². The van der Waals surface area contributed by atoms with Crippen molar-refractivity contribution in [2.75, 3.05) is 5.01 Å². The van der Waals surface area contributed by atoms with Gasteiger partial charge >= 0.3 is 11.9 Å². The Morgan fingerprint density at radius 2 is 1.61 bits per heavy atom. The highest BCUT2D eigenvalue weighted by Crippen LogP contribution is 2.21. The molecule has 1 N–H and O–H groups in total. The fourth-order valence-electron chi connectivity index (χ4n) is 3.03. The van der Waals surface area contributed by atoms with Crippen molar-refractivity contribution in [2.45, 2.75) is 85.0 Å². The van der Waals surface area contributed by atoms with E-state index in [2.05, 4.69) is 10.4 Å². The van der Waals surface area contributed by atoms with E-state index >= 15 is 0 Å². The summed E-state index contributed by atoms with van der Waals surface area (Å²) in [6.45, 7) is 12.2. The minimum atomic E-state index is -1.03. The first-order valence-electron chi connectivity index (χ1n) is 10.9. The van der Waals surface area contributed by atoms with E-state index < -0.39 is 35.1 Å². The fourth-order valence-corrected chi connectivity index (χ4v) is 3.03. The SMILES string of the molecule is CC1=NN(c2ccc(C(=O)NC(CCC(=O)OC(C)(C)C)C(=O)OC(C)(C)C)cc2)C(=O)C1. The maximum absolute atomic E-state index is 12.8. The number of anilines is 1. The molecule has 1 heterocycles. The molecule has 0 spiro atoms. The molecule has 2 amide bonds. The van der Waals surface area contributed by atoms with Crippen molar-refractivity contribution in [2.24, 2.45) is 5.10 Å². The lowest BCUT2D eigenvalue weighted by Gasteiger charge is -2.25. The zero-order chi connectivity index (χ0) is 25.0. The number of esters is 2. The normalized spacial score (nSPS) is 15.1. The summed E-state index contributed by atoms with van der Waals surface area (Å²) in [5.74, 6) is -1.75. The van der Waals surface area contributed by atoms with E-state index in [0.29, 0.717) is 11.4 Å². The summed E-state index contributed by atoms with van der Waals surface area (Å²) in [6.07, 6.45) is 0.232. The van der Waals surface area contributed by atoms with Crippen LogP contribution in [-0.4, -0.2) is 46.7 Å². The molecule has 1 unspecified atom stereocenters. The van der Waals surface area contributed by atoms with Crippen LogP contribution in [0.15, 0.2) is 29.4 Å². The van der Waals surface area contributed by atoms with Crippen LogP contribution in [0, 0.1) is 0 Å². The van der Waals surface area contributed by atoms with Gasteiger partial charge in [-0.05, 0) is 79.2 Å². The van der Waals surface area contributed by atoms with E-state index in [1.165, 1.54) is 5.01 Å². The number of carbonyl (C=O) groups is 4. The van der Waals surface area contributed by atoms with Crippen LogP contribution >= 0.6 is 0 Å². The Kier molecular flexibility index (Phi) is 8.00. The minimum Gasteiger partial charge on any atom is -0.460 e. The second-order valence-corrected chi connectivity index (χ2v) is 9.95. The number of hydrogen-bond acceptors (Lipinski definition) is 7. The van der Waals surface area contributed by atoms with E-state index in [0.717, 1.165) is 0 Å². The van der Waals surface area contributed by atoms with Gasteiger partial charge in [0.1, 0.15) is 17.2 Å². The quantitative estimate of drug-likeness (QED) is 0.626. The molecule has 9 heteroatoms. The van der Waals surface area contributed by atoms with Crippen LogP contribution in [0.3, 0.4) is 0 Å². The predicted molar refractivity (Wildman–Crippen MR) is 124 cm³/mol. The Hall–Kier alpha value is -3.23. The average molecular weight is 460 g/mol. The molecule has 0 saturated carbocycles. The third kappa shape index (κ3) is 8.32. The lowest BCUT2D eigenvalue weighted by Crippen LogP contribution is -2.44. The zero-order valence-corrected chi connectivity index (χ0v) is 20.4. The smallest absolute Gasteiger partial charge is 0.329 e. The molecule has 180 valence electrons. The van der Waals surface area contributed by atoms with E-state index in [9.17, 15) is 19.2 Å². The molecule has 1 aliphatic rings. The topological polar surface area (TPSA) is 114 Å². The summed E-state index contributed by atoms with van der Waals surface area (Å²) in [4.78, 5) is 49.6. The first-order chi connectivity index (χ1) is 15.1. The molecule has 9 nitrogen and oxygen atoms in total. The van der Waals surface area contributed by atoms with Gasteiger partial charge in [0.2, 0.25) is 0 Å². The Morgan fingerprint density at radius 1 is 1.03 bits per heavy atom. The number of nitrogens with zero attached hydrogens (tertiary/aromatic N) is 2. The fraction of sp³-hybridized carbons (Fsp3) is 0.542. The predicted octanol–water partition coefficient (Wildman–Crippen LogP) is 3.36. The van der Waals surface area contributed by atoms with Crippen molar-refractivity contribution < 1.29 is 28.7 Å². The molecule has 0 bridgehead atoms. The van der Waals surface area contributed by atoms with Gasteiger partial charge in [-0.2, -0.15) is 5.10 Å². The summed E-state index contributed by atoms with van der Waals surface area (Å²) in [7, 11) is 0. The van der Waals surface area contributed by atoms with Gasteiger partial charge in [-0.25, -0.2) is 9.80 Å². The van der Waals surface area contributed by atoms with Gasteiger partial charge in [0, 0.05) is 17.7 Å². The van der Waals surface area contributed by atoms with Crippen molar-refractivity contribution in [3.8, 4) is 0 Å². The molecule has 1 aromatic rings. The molecule has 1 aliphatic heterocycles. The Labute approximate surface area is 194 Å². The number of hydrogen-bond donors (Lipinski definition) is 1. The highest BCUT2D eigenvalue weighted by molar-refractivity contribution is 6.12. The number of hydrazone groups is 1. The van der Waals surface area contributed by atoms with Crippen molar-refractivity contribution in [1.29, 1.82) is 0 Å². The van der Waals surface area contributed by atoms with Gasteiger partial charge in [-0.1, -0.05) is 0 Å². The van der Waals surface area contributed by atoms with E-state index in [1.807, 2.05) is 0 Å². The van der Waals surface area contributed by atoms with Crippen LogP contribution in [0.25, 0.3) is 0 Å². The van der Waals surface area contributed by atoms with Crippen molar-refractivity contribution in [1.82, 2.24) is 5.32 Å². The summed E-state index contributed by atoms with van der Waals surface area (Å²) in [5.41, 5.74) is 0.142. The lowest BCUT2D eigenvalue weighted by molar-refractivity contribution is -0.158. The second kappa shape index (κ2) is 10.1. The number of amides is 2. The molecule has 33 heavy (non-hydrogen) atoms. The van der Waals surface area contributed by atoms with Crippen molar-refractivity contribution in [3.05, 3.63) is 29.8 Å². The molecule has 0 radical (unpaired) electrons. The van der Waals surface area contributed by atoms with Gasteiger partial charge in [-0.3, -0.25) is 14.4 Å². The number of benzene rings is 1. The standard InChI is InChI=1S/C24H33N3O6/c1-15-14-19(28)27(26-15)17-10-8-16(9-11-17)21(30)25-18(22(31)33-24(5,6)7)12-13-20(29)32-23(2,3)4/h8-11,18H,12-14H2,1-7H3,(H,25,30).